The number of carbonyl (C=O) groups excluding carboxylic acids is 1. The number of esters is 1. The van der Waals surface area contributed by atoms with Crippen molar-refractivity contribution < 1.29 is 59.2 Å². The average Bonchev–Trinajstić information content (AvgIpc) is 2.97. The summed E-state index contributed by atoms with van der Waals surface area (Å²) in [5, 5.41) is 70.2. The van der Waals surface area contributed by atoms with E-state index in [0.717, 1.165) is 12.1 Å². The van der Waals surface area contributed by atoms with Crippen LogP contribution < -0.4 is 10.2 Å². The molecular formula is C30H26O13. The zero-order valence-corrected chi connectivity index (χ0v) is 22.1. The second-order valence-electron chi connectivity index (χ2n) is 9.64. The van der Waals surface area contributed by atoms with Crippen LogP contribution in [0.3, 0.4) is 0 Å². The summed E-state index contributed by atoms with van der Waals surface area (Å²) >= 11 is 0. The SMILES string of the molecule is O=C(/C=C/c1ccc(O)c(O)c1)OC1C(O)C(CO)OC(Oc2cc(O)c3c(=O)cc(-c4ccc(O)cc4)oc3c2)C1O. The highest BCUT2D eigenvalue weighted by Crippen LogP contribution is 2.34. The van der Waals surface area contributed by atoms with Gasteiger partial charge in [0.05, 0.1) is 6.61 Å². The molecule has 3 aromatic carbocycles. The Morgan fingerprint density at radius 3 is 2.33 bits per heavy atom. The smallest absolute Gasteiger partial charge is 0.331 e. The fourth-order valence-electron chi connectivity index (χ4n) is 4.49. The van der Waals surface area contributed by atoms with Crippen LogP contribution in [0.5, 0.6) is 28.7 Å². The number of fused-ring (bicyclic) bond motifs is 1. The highest BCUT2D eigenvalue weighted by Gasteiger charge is 2.47. The minimum atomic E-state index is -1.79. The lowest BCUT2D eigenvalue weighted by Gasteiger charge is -2.41. The first-order chi connectivity index (χ1) is 20.5. The molecule has 5 rings (SSSR count). The van der Waals surface area contributed by atoms with E-state index in [4.69, 9.17) is 18.6 Å². The monoisotopic (exact) mass is 594 g/mol. The number of phenols is 4. The molecule has 43 heavy (non-hydrogen) atoms. The van der Waals surface area contributed by atoms with Gasteiger partial charge in [-0.25, -0.2) is 4.79 Å². The summed E-state index contributed by atoms with van der Waals surface area (Å²) in [5.74, 6) is -2.26. The third-order valence-corrected chi connectivity index (χ3v) is 6.67. The van der Waals surface area contributed by atoms with E-state index in [2.05, 4.69) is 0 Å². The summed E-state index contributed by atoms with van der Waals surface area (Å²) < 4.78 is 22.2. The number of hydrogen-bond acceptors (Lipinski definition) is 13. The van der Waals surface area contributed by atoms with Crippen molar-refractivity contribution in [3.8, 4) is 40.1 Å². The highest BCUT2D eigenvalue weighted by molar-refractivity contribution is 5.87. The summed E-state index contributed by atoms with van der Waals surface area (Å²) in [6.07, 6.45) is -5.84. The second kappa shape index (κ2) is 12.0. The van der Waals surface area contributed by atoms with Gasteiger partial charge in [-0.1, -0.05) is 6.07 Å². The number of phenolic OH excluding ortho intramolecular Hbond substituents is 4. The summed E-state index contributed by atoms with van der Waals surface area (Å²) in [4.78, 5) is 25.2. The Kier molecular flexibility index (Phi) is 8.23. The molecule has 224 valence electrons. The number of aromatic hydroxyl groups is 4. The first-order valence-electron chi connectivity index (χ1n) is 12.8. The molecule has 13 nitrogen and oxygen atoms in total. The fraction of sp³-hybridized carbons (Fsp3) is 0.200. The molecule has 0 radical (unpaired) electrons. The van der Waals surface area contributed by atoms with Gasteiger partial charge in [-0.3, -0.25) is 4.79 Å². The number of ether oxygens (including phenoxy) is 3. The van der Waals surface area contributed by atoms with Crippen molar-refractivity contribution in [2.75, 3.05) is 6.61 Å². The van der Waals surface area contributed by atoms with Crippen LogP contribution in [0.15, 0.2) is 76.0 Å². The maximum atomic E-state index is 12.7. The van der Waals surface area contributed by atoms with Crippen molar-refractivity contribution in [1.82, 2.24) is 0 Å². The normalized spacial score (nSPS) is 22.1. The summed E-state index contributed by atoms with van der Waals surface area (Å²) in [7, 11) is 0. The Labute approximate surface area is 242 Å². The van der Waals surface area contributed by atoms with Crippen molar-refractivity contribution in [2.45, 2.75) is 30.7 Å². The molecule has 1 saturated heterocycles. The predicted molar refractivity (Wildman–Crippen MR) is 148 cm³/mol. The molecule has 2 heterocycles. The van der Waals surface area contributed by atoms with Gasteiger partial charge < -0.3 is 54.4 Å². The van der Waals surface area contributed by atoms with Gasteiger partial charge in [-0.15, -0.1) is 0 Å². The molecule has 0 amide bonds. The van der Waals surface area contributed by atoms with Gasteiger partial charge in [0.1, 0.15) is 46.2 Å². The largest absolute Gasteiger partial charge is 0.508 e. The van der Waals surface area contributed by atoms with Gasteiger partial charge in [0.25, 0.3) is 0 Å². The van der Waals surface area contributed by atoms with E-state index in [1.165, 1.54) is 60.7 Å². The Bertz CT molecular complexity index is 1730. The first kappa shape index (κ1) is 29.4. The number of hydrogen-bond donors (Lipinski definition) is 7. The topological polar surface area (TPSA) is 217 Å². The fourth-order valence-corrected chi connectivity index (χ4v) is 4.49. The lowest BCUT2D eigenvalue weighted by atomic mass is 9.99. The molecular weight excluding hydrogens is 568 g/mol. The summed E-state index contributed by atoms with van der Waals surface area (Å²) in [6.45, 7) is -0.738. The van der Waals surface area contributed by atoms with Crippen molar-refractivity contribution in [3.63, 3.8) is 0 Å². The number of benzene rings is 3. The van der Waals surface area contributed by atoms with Crippen LogP contribution in [-0.4, -0.2) is 79.0 Å². The molecule has 5 unspecified atom stereocenters. The summed E-state index contributed by atoms with van der Waals surface area (Å²) in [5.41, 5.74) is 0.164. The lowest BCUT2D eigenvalue weighted by molar-refractivity contribution is -0.280. The highest BCUT2D eigenvalue weighted by atomic mass is 16.7. The molecule has 1 aliphatic rings. The predicted octanol–water partition coefficient (Wildman–Crippen LogP) is 1.73. The zero-order valence-electron chi connectivity index (χ0n) is 22.1. The molecule has 0 spiro atoms. The molecule has 0 bridgehead atoms. The molecule has 1 aliphatic heterocycles. The van der Waals surface area contributed by atoms with Crippen molar-refractivity contribution in [1.29, 1.82) is 0 Å². The Balaban J connectivity index is 1.38. The van der Waals surface area contributed by atoms with Crippen molar-refractivity contribution in [2.24, 2.45) is 0 Å². The Morgan fingerprint density at radius 2 is 1.63 bits per heavy atom. The zero-order chi connectivity index (χ0) is 30.8. The molecule has 0 saturated carbocycles. The van der Waals surface area contributed by atoms with E-state index in [9.17, 15) is 45.3 Å². The maximum absolute atomic E-state index is 12.7. The van der Waals surface area contributed by atoms with Gasteiger partial charge >= 0.3 is 5.97 Å². The van der Waals surface area contributed by atoms with Crippen molar-refractivity contribution >= 4 is 23.0 Å². The number of rotatable bonds is 7. The quantitative estimate of drug-likeness (QED) is 0.0923. The van der Waals surface area contributed by atoms with E-state index in [0.29, 0.717) is 11.1 Å². The number of aliphatic hydroxyl groups excluding tert-OH is 3. The van der Waals surface area contributed by atoms with Crippen LogP contribution in [0, 0.1) is 0 Å². The molecule has 0 aliphatic carbocycles. The van der Waals surface area contributed by atoms with Crippen LogP contribution in [0.25, 0.3) is 28.4 Å². The number of carbonyl (C=O) groups is 1. The van der Waals surface area contributed by atoms with E-state index >= 15 is 0 Å². The molecule has 13 heteroatoms. The van der Waals surface area contributed by atoms with Crippen LogP contribution in [0.4, 0.5) is 0 Å². The van der Waals surface area contributed by atoms with Crippen LogP contribution in [-0.2, 0) is 14.3 Å². The Hall–Kier alpha value is -5.08. The molecule has 5 atom stereocenters. The van der Waals surface area contributed by atoms with Gasteiger partial charge in [-0.05, 0) is 48.0 Å². The van der Waals surface area contributed by atoms with E-state index < -0.39 is 60.2 Å². The van der Waals surface area contributed by atoms with E-state index in [-0.39, 0.29) is 34.0 Å². The maximum Gasteiger partial charge on any atom is 0.331 e. The second-order valence-corrected chi connectivity index (χ2v) is 9.64. The summed E-state index contributed by atoms with van der Waals surface area (Å²) in [6, 6.07) is 13.2. The lowest BCUT2D eigenvalue weighted by Crippen LogP contribution is -2.61. The van der Waals surface area contributed by atoms with Gasteiger partial charge in [0.15, 0.2) is 29.1 Å². The Morgan fingerprint density at radius 1 is 0.884 bits per heavy atom. The van der Waals surface area contributed by atoms with Crippen molar-refractivity contribution in [3.05, 3.63) is 82.5 Å². The van der Waals surface area contributed by atoms with Gasteiger partial charge in [0, 0.05) is 29.8 Å². The van der Waals surface area contributed by atoms with Crippen LogP contribution in [0.1, 0.15) is 5.56 Å². The average molecular weight is 595 g/mol. The van der Waals surface area contributed by atoms with Gasteiger partial charge in [0.2, 0.25) is 6.29 Å². The number of aliphatic hydroxyl groups is 3. The third kappa shape index (κ3) is 6.24. The minimum absolute atomic E-state index is 0.00944. The van der Waals surface area contributed by atoms with E-state index in [1.807, 2.05) is 0 Å². The molecule has 1 fully saturated rings. The van der Waals surface area contributed by atoms with Gasteiger partial charge in [-0.2, -0.15) is 0 Å². The third-order valence-electron chi connectivity index (χ3n) is 6.67. The first-order valence-corrected chi connectivity index (χ1v) is 12.8. The molecule has 4 aromatic rings. The minimum Gasteiger partial charge on any atom is -0.508 e. The van der Waals surface area contributed by atoms with Crippen LogP contribution >= 0.6 is 0 Å². The molecule has 1 aromatic heterocycles. The van der Waals surface area contributed by atoms with E-state index in [1.54, 1.807) is 0 Å². The molecule has 7 N–H and O–H groups in total. The van der Waals surface area contributed by atoms with Crippen LogP contribution in [0.2, 0.25) is 0 Å². The standard InChI is InChI=1S/C30H26O13/c31-13-24-27(38)29(43-25(37)8-2-14-1-7-18(33)19(34)9-14)28(39)30(42-24)40-17-10-20(35)26-21(36)12-22(41-23(26)11-17)15-3-5-16(32)6-4-15/h1-12,24,27-35,38-39H,13H2/b8-2+.